The molecule has 6 nitrogen and oxygen atoms in total. The summed E-state index contributed by atoms with van der Waals surface area (Å²) >= 11 is 0. The van der Waals surface area contributed by atoms with E-state index in [9.17, 15) is 9.59 Å². The van der Waals surface area contributed by atoms with E-state index in [4.69, 9.17) is 9.84 Å². The van der Waals surface area contributed by atoms with Crippen molar-refractivity contribution in [2.45, 2.75) is 26.3 Å². The zero-order chi connectivity index (χ0) is 13.5. The van der Waals surface area contributed by atoms with Gasteiger partial charge in [-0.1, -0.05) is 0 Å². The summed E-state index contributed by atoms with van der Waals surface area (Å²) < 4.78 is 5.28. The minimum absolute atomic E-state index is 0.0194. The summed E-state index contributed by atoms with van der Waals surface area (Å²) in [4.78, 5) is 26.4. The van der Waals surface area contributed by atoms with Crippen LogP contribution in [0, 0.1) is 0 Å². The Bertz CT molecular complexity index is 292. The molecule has 18 heavy (non-hydrogen) atoms. The Labute approximate surface area is 107 Å². The zero-order valence-electron chi connectivity index (χ0n) is 11.1. The van der Waals surface area contributed by atoms with Gasteiger partial charge in [-0.2, -0.15) is 0 Å². The summed E-state index contributed by atoms with van der Waals surface area (Å²) in [7, 11) is 0. The fourth-order valence-electron chi connectivity index (χ4n) is 2.14. The molecule has 0 bridgehead atoms. The molecule has 1 amide bonds. The van der Waals surface area contributed by atoms with Gasteiger partial charge in [-0.15, -0.1) is 0 Å². The monoisotopic (exact) mass is 258 g/mol. The van der Waals surface area contributed by atoms with E-state index in [-0.39, 0.29) is 24.9 Å². The first kappa shape index (κ1) is 14.9. The lowest BCUT2D eigenvalue weighted by Gasteiger charge is -2.35. The van der Waals surface area contributed by atoms with Gasteiger partial charge in [0, 0.05) is 25.7 Å². The average molecular weight is 258 g/mol. The number of hydrogen-bond donors (Lipinski definition) is 1. The summed E-state index contributed by atoms with van der Waals surface area (Å²) in [5.74, 6) is -0.803. The van der Waals surface area contributed by atoms with Gasteiger partial charge in [0.05, 0.1) is 26.2 Å². The lowest BCUT2D eigenvalue weighted by Crippen LogP contribution is -2.51. The Balaban J connectivity index is 2.55. The highest BCUT2D eigenvalue weighted by Gasteiger charge is 2.27. The van der Waals surface area contributed by atoms with Crippen molar-refractivity contribution in [2.24, 2.45) is 0 Å². The number of amides is 1. The van der Waals surface area contributed by atoms with Crippen molar-refractivity contribution in [2.75, 3.05) is 39.4 Å². The molecule has 0 saturated carbocycles. The highest BCUT2D eigenvalue weighted by Crippen LogP contribution is 2.11. The number of carbonyl (C=O) groups is 2. The third kappa shape index (κ3) is 4.27. The number of morpholine rings is 1. The van der Waals surface area contributed by atoms with Crippen LogP contribution in [0.5, 0.6) is 0 Å². The maximum Gasteiger partial charge on any atom is 0.305 e. The molecule has 0 aromatic carbocycles. The van der Waals surface area contributed by atoms with E-state index in [1.807, 2.05) is 18.7 Å². The van der Waals surface area contributed by atoms with Crippen molar-refractivity contribution in [1.29, 1.82) is 0 Å². The smallest absolute Gasteiger partial charge is 0.305 e. The van der Waals surface area contributed by atoms with Crippen LogP contribution in [0.3, 0.4) is 0 Å². The number of aliphatic carboxylic acids is 1. The largest absolute Gasteiger partial charge is 0.481 e. The lowest BCUT2D eigenvalue weighted by atomic mass is 10.1. The molecular formula is C12H22N2O4. The van der Waals surface area contributed by atoms with Crippen molar-refractivity contribution in [3.8, 4) is 0 Å². The van der Waals surface area contributed by atoms with Crippen LogP contribution in [0.25, 0.3) is 0 Å². The van der Waals surface area contributed by atoms with Gasteiger partial charge < -0.3 is 14.7 Å². The van der Waals surface area contributed by atoms with Crippen molar-refractivity contribution in [1.82, 2.24) is 9.80 Å². The number of ether oxygens (including phenoxy) is 1. The second kappa shape index (κ2) is 7.33. The van der Waals surface area contributed by atoms with Crippen LogP contribution >= 0.6 is 0 Å². The number of hydrogen-bond acceptors (Lipinski definition) is 4. The van der Waals surface area contributed by atoms with Crippen molar-refractivity contribution in [3.05, 3.63) is 0 Å². The molecule has 0 spiro atoms. The molecule has 1 heterocycles. The molecule has 1 fully saturated rings. The van der Waals surface area contributed by atoms with Gasteiger partial charge >= 0.3 is 5.97 Å². The van der Waals surface area contributed by atoms with Gasteiger partial charge in [0.25, 0.3) is 0 Å². The van der Waals surface area contributed by atoms with Crippen molar-refractivity contribution in [3.63, 3.8) is 0 Å². The minimum atomic E-state index is -0.856. The molecule has 1 aliphatic rings. The zero-order valence-corrected chi connectivity index (χ0v) is 11.1. The summed E-state index contributed by atoms with van der Waals surface area (Å²) in [6, 6.07) is -0.198. The van der Waals surface area contributed by atoms with E-state index in [2.05, 4.69) is 0 Å². The normalized spacial score (nSPS) is 20.7. The summed E-state index contributed by atoms with van der Waals surface area (Å²) in [5.41, 5.74) is 0. The summed E-state index contributed by atoms with van der Waals surface area (Å²) in [5, 5.41) is 8.84. The first-order chi connectivity index (χ1) is 8.58. The number of carboxylic acid groups (broad SMARTS) is 1. The number of likely N-dealkylation sites (N-methyl/N-ethyl adjacent to an activating group) is 1. The van der Waals surface area contributed by atoms with E-state index in [1.165, 1.54) is 0 Å². The lowest BCUT2D eigenvalue weighted by molar-refractivity contribution is -0.143. The maximum absolute atomic E-state index is 12.0. The quantitative estimate of drug-likeness (QED) is 0.728. The van der Waals surface area contributed by atoms with E-state index in [0.29, 0.717) is 32.8 Å². The predicted molar refractivity (Wildman–Crippen MR) is 66.4 cm³/mol. The molecular weight excluding hydrogens is 236 g/mol. The summed E-state index contributed by atoms with van der Waals surface area (Å²) in [6.07, 6.45) is 0.0194. The van der Waals surface area contributed by atoms with Crippen LogP contribution in [-0.2, 0) is 14.3 Å². The number of nitrogens with zero attached hydrogens (tertiary/aromatic N) is 2. The molecule has 104 valence electrons. The van der Waals surface area contributed by atoms with E-state index in [0.717, 1.165) is 0 Å². The maximum atomic E-state index is 12.0. The Morgan fingerprint density at radius 3 is 2.61 bits per heavy atom. The van der Waals surface area contributed by atoms with Gasteiger partial charge in [0.15, 0.2) is 0 Å². The van der Waals surface area contributed by atoms with Gasteiger partial charge in [-0.25, -0.2) is 0 Å². The molecule has 1 aliphatic heterocycles. The Kier molecular flexibility index (Phi) is 6.07. The van der Waals surface area contributed by atoms with E-state index >= 15 is 0 Å². The van der Waals surface area contributed by atoms with Gasteiger partial charge in [-0.05, 0) is 13.8 Å². The first-order valence-corrected chi connectivity index (χ1v) is 6.39. The molecule has 0 aromatic rings. The van der Waals surface area contributed by atoms with Crippen molar-refractivity contribution < 1.29 is 19.4 Å². The molecule has 1 unspecified atom stereocenters. The van der Waals surface area contributed by atoms with Crippen LogP contribution in [-0.4, -0.2) is 72.2 Å². The van der Waals surface area contributed by atoms with Crippen LogP contribution in [0.4, 0.5) is 0 Å². The van der Waals surface area contributed by atoms with Gasteiger partial charge in [0.1, 0.15) is 0 Å². The third-order valence-electron chi connectivity index (χ3n) is 3.21. The first-order valence-electron chi connectivity index (χ1n) is 6.39. The Hall–Kier alpha value is -1.14. The molecule has 1 N–H and O–H groups in total. The highest BCUT2D eigenvalue weighted by atomic mass is 16.5. The average Bonchev–Trinajstić information content (AvgIpc) is 2.32. The summed E-state index contributed by atoms with van der Waals surface area (Å²) in [6.45, 7) is 7.09. The van der Waals surface area contributed by atoms with Crippen LogP contribution < -0.4 is 0 Å². The molecule has 0 aromatic heterocycles. The molecule has 1 saturated heterocycles. The number of rotatable bonds is 6. The standard InChI is InChI=1S/C12H22N2O4/c1-3-13(4-2)11(15)8-14-5-6-18-9-10(14)7-12(16)17/h10H,3-9H2,1-2H3,(H,16,17). The fourth-order valence-corrected chi connectivity index (χ4v) is 2.14. The Morgan fingerprint density at radius 2 is 2.06 bits per heavy atom. The SMILES string of the molecule is CCN(CC)C(=O)CN1CCOCC1CC(=O)O. The molecule has 1 rings (SSSR count). The number of carbonyl (C=O) groups excluding carboxylic acids is 1. The molecule has 6 heteroatoms. The molecule has 0 radical (unpaired) electrons. The fraction of sp³-hybridized carbons (Fsp3) is 0.833. The highest BCUT2D eigenvalue weighted by molar-refractivity contribution is 5.78. The van der Waals surface area contributed by atoms with E-state index < -0.39 is 5.97 Å². The van der Waals surface area contributed by atoms with Crippen LogP contribution in [0.1, 0.15) is 20.3 Å². The number of carboxylic acids is 1. The van der Waals surface area contributed by atoms with Crippen molar-refractivity contribution >= 4 is 11.9 Å². The van der Waals surface area contributed by atoms with E-state index in [1.54, 1.807) is 4.90 Å². The molecule has 1 atom stereocenters. The van der Waals surface area contributed by atoms with Crippen LogP contribution in [0.15, 0.2) is 0 Å². The second-order valence-corrected chi connectivity index (χ2v) is 4.36. The van der Waals surface area contributed by atoms with Gasteiger partial charge in [-0.3, -0.25) is 14.5 Å². The topological polar surface area (TPSA) is 70.1 Å². The minimum Gasteiger partial charge on any atom is -0.481 e. The third-order valence-corrected chi connectivity index (χ3v) is 3.21. The predicted octanol–water partition coefficient (Wildman–Crippen LogP) is 0.0303. The Morgan fingerprint density at radius 1 is 1.39 bits per heavy atom. The van der Waals surface area contributed by atoms with Gasteiger partial charge in [0.2, 0.25) is 5.91 Å². The molecule has 0 aliphatic carbocycles. The second-order valence-electron chi connectivity index (χ2n) is 4.36. The van der Waals surface area contributed by atoms with Crippen LogP contribution in [0.2, 0.25) is 0 Å².